The second-order valence-electron chi connectivity index (χ2n) is 5.33. The molecule has 3 heteroatoms. The quantitative estimate of drug-likeness (QED) is 0.795. The second-order valence-corrected chi connectivity index (χ2v) is 6.67. The second kappa shape index (κ2) is 6.60. The van der Waals surface area contributed by atoms with Gasteiger partial charge in [0.05, 0.1) is 0 Å². The molecule has 1 N–H and O–H groups in total. The van der Waals surface area contributed by atoms with E-state index in [0.717, 1.165) is 19.6 Å². The summed E-state index contributed by atoms with van der Waals surface area (Å²) >= 11 is 2.03. The van der Waals surface area contributed by atoms with E-state index in [1.807, 2.05) is 11.8 Å². The first-order chi connectivity index (χ1) is 8.66. The Labute approximate surface area is 115 Å². The van der Waals surface area contributed by atoms with E-state index in [2.05, 4.69) is 55.4 Å². The van der Waals surface area contributed by atoms with Crippen LogP contribution in [0, 0.1) is 0 Å². The predicted molar refractivity (Wildman–Crippen MR) is 80.4 cm³/mol. The number of thioether (sulfide) groups is 1. The summed E-state index contributed by atoms with van der Waals surface area (Å²) in [5.74, 6) is 0. The van der Waals surface area contributed by atoms with Crippen LogP contribution in [0.2, 0.25) is 0 Å². The summed E-state index contributed by atoms with van der Waals surface area (Å²) in [4.78, 5) is 3.85. The van der Waals surface area contributed by atoms with E-state index in [1.54, 1.807) is 0 Å². The van der Waals surface area contributed by atoms with Gasteiger partial charge in [-0.25, -0.2) is 0 Å². The van der Waals surface area contributed by atoms with Gasteiger partial charge >= 0.3 is 0 Å². The lowest BCUT2D eigenvalue weighted by Gasteiger charge is -2.21. The zero-order chi connectivity index (χ0) is 13.0. The fourth-order valence-electron chi connectivity index (χ4n) is 2.14. The normalized spacial score (nSPS) is 18.6. The number of nitrogens with zero attached hydrogens (tertiary/aromatic N) is 1. The molecule has 1 atom stereocenters. The molecule has 1 aromatic rings. The number of hydrogen-bond donors (Lipinski definition) is 1. The highest BCUT2D eigenvalue weighted by Crippen LogP contribution is 2.36. The average Bonchev–Trinajstić information content (AvgIpc) is 2.76. The molecule has 0 bridgehead atoms. The molecule has 0 spiro atoms. The number of likely N-dealkylation sites (N-methyl/N-ethyl adjacent to an activating group) is 1. The molecular weight excluding hydrogens is 240 g/mol. The number of hydrogen-bond acceptors (Lipinski definition) is 3. The summed E-state index contributed by atoms with van der Waals surface area (Å²) < 4.78 is 0. The third-order valence-corrected chi connectivity index (χ3v) is 4.93. The number of rotatable bonds is 6. The van der Waals surface area contributed by atoms with Gasteiger partial charge in [0.1, 0.15) is 0 Å². The van der Waals surface area contributed by atoms with Gasteiger partial charge in [-0.1, -0.05) is 18.2 Å². The number of fused-ring (bicyclic) bond motifs is 1. The molecule has 1 aromatic carbocycles. The van der Waals surface area contributed by atoms with Gasteiger partial charge in [-0.3, -0.25) is 0 Å². The lowest BCUT2D eigenvalue weighted by Crippen LogP contribution is -2.35. The molecule has 18 heavy (non-hydrogen) atoms. The standard InChI is InChI=1S/C15H24N2S/c1-12(2)17(3)9-8-16-11-14-10-13-6-4-5-7-15(13)18-14/h4-7,12,14,16H,8-11H2,1-3H3. The molecular formula is C15H24N2S. The van der Waals surface area contributed by atoms with Crippen molar-refractivity contribution in [1.82, 2.24) is 10.2 Å². The van der Waals surface area contributed by atoms with Crippen molar-refractivity contribution in [3.63, 3.8) is 0 Å². The average molecular weight is 264 g/mol. The van der Waals surface area contributed by atoms with Crippen LogP contribution in [0.5, 0.6) is 0 Å². The topological polar surface area (TPSA) is 15.3 Å². The maximum atomic E-state index is 3.59. The molecule has 1 unspecified atom stereocenters. The van der Waals surface area contributed by atoms with Crippen LogP contribution in [0.3, 0.4) is 0 Å². The highest BCUT2D eigenvalue weighted by Gasteiger charge is 2.20. The van der Waals surface area contributed by atoms with Gasteiger partial charge in [-0.2, -0.15) is 0 Å². The van der Waals surface area contributed by atoms with Gasteiger partial charge in [0.15, 0.2) is 0 Å². The molecule has 0 amide bonds. The van der Waals surface area contributed by atoms with Crippen LogP contribution in [-0.2, 0) is 6.42 Å². The van der Waals surface area contributed by atoms with Crippen LogP contribution in [0.4, 0.5) is 0 Å². The van der Waals surface area contributed by atoms with Gasteiger partial charge < -0.3 is 10.2 Å². The summed E-state index contributed by atoms with van der Waals surface area (Å²) in [6, 6.07) is 9.42. The van der Waals surface area contributed by atoms with Gasteiger partial charge in [-0.15, -0.1) is 11.8 Å². The van der Waals surface area contributed by atoms with Crippen LogP contribution in [-0.4, -0.2) is 42.9 Å². The summed E-state index contributed by atoms with van der Waals surface area (Å²) in [7, 11) is 2.19. The van der Waals surface area contributed by atoms with E-state index in [-0.39, 0.29) is 0 Å². The maximum Gasteiger partial charge on any atom is 0.0260 e. The molecule has 0 saturated heterocycles. The Balaban J connectivity index is 1.65. The summed E-state index contributed by atoms with van der Waals surface area (Å²) in [6.45, 7) is 7.81. The summed E-state index contributed by atoms with van der Waals surface area (Å²) in [5, 5.41) is 4.30. The van der Waals surface area contributed by atoms with Crippen molar-refractivity contribution in [2.45, 2.75) is 36.5 Å². The Morgan fingerprint density at radius 3 is 2.89 bits per heavy atom. The van der Waals surface area contributed by atoms with Crippen LogP contribution >= 0.6 is 11.8 Å². The van der Waals surface area contributed by atoms with E-state index >= 15 is 0 Å². The molecule has 0 saturated carbocycles. The van der Waals surface area contributed by atoms with Crippen LogP contribution in [0.15, 0.2) is 29.2 Å². The van der Waals surface area contributed by atoms with Crippen molar-refractivity contribution in [3.05, 3.63) is 29.8 Å². The van der Waals surface area contributed by atoms with Crippen LogP contribution in [0.25, 0.3) is 0 Å². The van der Waals surface area contributed by atoms with E-state index in [4.69, 9.17) is 0 Å². The predicted octanol–water partition coefficient (Wildman–Crippen LogP) is 2.63. The minimum absolute atomic E-state index is 0.636. The largest absolute Gasteiger partial charge is 0.314 e. The molecule has 0 aliphatic carbocycles. The molecule has 0 radical (unpaired) electrons. The first-order valence-electron chi connectivity index (χ1n) is 6.82. The van der Waals surface area contributed by atoms with Gasteiger partial charge in [0.2, 0.25) is 0 Å². The van der Waals surface area contributed by atoms with Gasteiger partial charge in [0, 0.05) is 35.8 Å². The van der Waals surface area contributed by atoms with E-state index < -0.39 is 0 Å². The SMILES string of the molecule is CC(C)N(C)CCNCC1Cc2ccccc2S1. The Bertz CT molecular complexity index is 354. The van der Waals surface area contributed by atoms with Crippen LogP contribution in [0.1, 0.15) is 19.4 Å². The first kappa shape index (κ1) is 13.9. The van der Waals surface area contributed by atoms with E-state index in [9.17, 15) is 0 Å². The van der Waals surface area contributed by atoms with Crippen molar-refractivity contribution < 1.29 is 0 Å². The molecule has 1 aliphatic rings. The fourth-order valence-corrected chi connectivity index (χ4v) is 3.43. The molecule has 100 valence electrons. The number of nitrogens with one attached hydrogen (secondary N) is 1. The monoisotopic (exact) mass is 264 g/mol. The highest BCUT2D eigenvalue weighted by atomic mass is 32.2. The molecule has 2 rings (SSSR count). The molecule has 0 fully saturated rings. The van der Waals surface area contributed by atoms with Crippen molar-refractivity contribution in [2.75, 3.05) is 26.7 Å². The fraction of sp³-hybridized carbons (Fsp3) is 0.600. The Morgan fingerprint density at radius 1 is 1.39 bits per heavy atom. The molecule has 1 heterocycles. The Hall–Kier alpha value is -0.510. The molecule has 1 aliphatic heterocycles. The Morgan fingerprint density at radius 2 is 2.17 bits per heavy atom. The maximum absolute atomic E-state index is 3.59. The highest BCUT2D eigenvalue weighted by molar-refractivity contribution is 8.00. The zero-order valence-corrected chi connectivity index (χ0v) is 12.5. The summed E-state index contributed by atoms with van der Waals surface area (Å²) in [5.41, 5.74) is 1.52. The van der Waals surface area contributed by atoms with Crippen molar-refractivity contribution in [2.24, 2.45) is 0 Å². The third-order valence-electron chi connectivity index (χ3n) is 3.61. The van der Waals surface area contributed by atoms with Crippen LogP contribution < -0.4 is 5.32 Å². The lowest BCUT2D eigenvalue weighted by molar-refractivity contribution is 0.273. The van der Waals surface area contributed by atoms with Crippen molar-refractivity contribution in [3.8, 4) is 0 Å². The minimum atomic E-state index is 0.636. The van der Waals surface area contributed by atoms with Gasteiger partial charge in [0.25, 0.3) is 0 Å². The number of benzene rings is 1. The molecule has 2 nitrogen and oxygen atoms in total. The van der Waals surface area contributed by atoms with Crippen molar-refractivity contribution in [1.29, 1.82) is 0 Å². The Kier molecular flexibility index (Phi) is 5.10. The smallest absolute Gasteiger partial charge is 0.0260 e. The van der Waals surface area contributed by atoms with Gasteiger partial charge in [-0.05, 0) is 38.9 Å². The van der Waals surface area contributed by atoms with Crippen molar-refractivity contribution >= 4 is 11.8 Å². The van der Waals surface area contributed by atoms with E-state index in [1.165, 1.54) is 16.9 Å². The zero-order valence-electron chi connectivity index (χ0n) is 11.6. The first-order valence-corrected chi connectivity index (χ1v) is 7.70. The summed E-state index contributed by atoms with van der Waals surface area (Å²) in [6.07, 6.45) is 1.22. The van der Waals surface area contributed by atoms with E-state index in [0.29, 0.717) is 11.3 Å². The molecule has 0 aromatic heterocycles. The minimum Gasteiger partial charge on any atom is -0.314 e. The third kappa shape index (κ3) is 3.74. The lowest BCUT2D eigenvalue weighted by atomic mass is 10.1.